The summed E-state index contributed by atoms with van der Waals surface area (Å²) < 4.78 is 30.8. The maximum atomic E-state index is 15.4. The Kier molecular flexibility index (Phi) is 12.5. The van der Waals surface area contributed by atoms with E-state index >= 15 is 4.79 Å². The fourth-order valence-corrected chi connectivity index (χ4v) is 13.7. The van der Waals surface area contributed by atoms with Gasteiger partial charge in [0, 0.05) is 43.2 Å². The highest BCUT2D eigenvalue weighted by Gasteiger charge is 2.85. The van der Waals surface area contributed by atoms with E-state index in [1.165, 1.54) is 4.31 Å². The van der Waals surface area contributed by atoms with Gasteiger partial charge in [-0.1, -0.05) is 79.4 Å². The van der Waals surface area contributed by atoms with Crippen LogP contribution in [0.15, 0.2) is 24.9 Å². The van der Waals surface area contributed by atoms with Crippen molar-refractivity contribution in [1.29, 1.82) is 0 Å². The number of nitrogens with zero attached hydrogens (tertiary/aromatic N) is 3. The van der Waals surface area contributed by atoms with Gasteiger partial charge < -0.3 is 20.9 Å². The predicted octanol–water partition coefficient (Wildman–Crippen LogP) is 5.39. The van der Waals surface area contributed by atoms with Gasteiger partial charge in [0.25, 0.3) is 0 Å². The van der Waals surface area contributed by atoms with Crippen LogP contribution in [0.25, 0.3) is 0 Å². The molecule has 5 saturated carbocycles. The lowest BCUT2D eigenvalue weighted by Crippen LogP contribution is -2.63. The van der Waals surface area contributed by atoms with E-state index in [2.05, 4.69) is 66.4 Å². The molecule has 0 radical (unpaired) electrons. The number of amides is 4. The van der Waals surface area contributed by atoms with Crippen LogP contribution in [0.2, 0.25) is 0 Å². The molecule has 0 aromatic rings. The van der Waals surface area contributed by atoms with E-state index in [0.717, 1.165) is 90.0 Å². The highest BCUT2D eigenvalue weighted by Crippen LogP contribution is 2.88. The number of hydrogen-bond donors (Lipinski definition) is 4. The quantitative estimate of drug-likeness (QED) is 0.151. The molecule has 2 saturated heterocycles. The topological polar surface area (TPSA) is 160 Å². The van der Waals surface area contributed by atoms with Crippen molar-refractivity contribution >= 4 is 33.8 Å². The Morgan fingerprint density at radius 3 is 2.07 bits per heavy atom. The third-order valence-electron chi connectivity index (χ3n) is 17.1. The molecule has 61 heavy (non-hydrogen) atoms. The zero-order valence-corrected chi connectivity index (χ0v) is 39.4. The molecule has 5 aliphatic carbocycles. The van der Waals surface area contributed by atoms with E-state index < -0.39 is 39.3 Å². The highest BCUT2D eigenvalue weighted by atomic mass is 32.2. The lowest BCUT2D eigenvalue weighted by molar-refractivity contribution is -0.145. The Morgan fingerprint density at radius 2 is 1.52 bits per heavy atom. The molecule has 2 spiro atoms. The molecular weight excluding hydrogens is 791 g/mol. The van der Waals surface area contributed by atoms with Gasteiger partial charge in [0.2, 0.25) is 23.6 Å². The number of nitrogens with one attached hydrogen (secondary N) is 4. The molecule has 7 atom stereocenters. The van der Waals surface area contributed by atoms with Gasteiger partial charge in [0.1, 0.15) is 18.1 Å². The average molecular weight is 868 g/mol. The van der Waals surface area contributed by atoms with Crippen LogP contribution in [0.1, 0.15) is 145 Å². The van der Waals surface area contributed by atoms with Crippen molar-refractivity contribution in [2.75, 3.05) is 26.7 Å². The minimum atomic E-state index is -3.91. The number of fused-ring (bicyclic) bond motifs is 1. The van der Waals surface area contributed by atoms with Gasteiger partial charge in [-0.2, -0.15) is 12.7 Å². The van der Waals surface area contributed by atoms with Crippen molar-refractivity contribution in [3.05, 3.63) is 24.9 Å². The minimum absolute atomic E-state index is 0.0275. The van der Waals surface area contributed by atoms with Crippen molar-refractivity contribution in [2.24, 2.45) is 39.4 Å². The molecule has 0 bridgehead atoms. The Morgan fingerprint density at radius 1 is 0.869 bits per heavy atom. The Labute approximate surface area is 366 Å². The van der Waals surface area contributed by atoms with E-state index in [1.54, 1.807) is 18.0 Å². The Bertz CT molecular complexity index is 1860. The van der Waals surface area contributed by atoms with E-state index in [0.29, 0.717) is 31.8 Å². The van der Waals surface area contributed by atoms with Gasteiger partial charge in [-0.05, 0) is 113 Å². The minimum Gasteiger partial charge on any atom is -0.343 e. The monoisotopic (exact) mass is 868 g/mol. The summed E-state index contributed by atoms with van der Waals surface area (Å²) >= 11 is 0. The van der Waals surface area contributed by atoms with Crippen LogP contribution in [0, 0.1) is 39.4 Å². The lowest BCUT2D eigenvalue weighted by atomic mass is 9.73. The second-order valence-corrected chi connectivity index (χ2v) is 24.0. The normalized spacial score (nSPS) is 31.9. The first-order valence-electron chi connectivity index (χ1n) is 23.6. The van der Waals surface area contributed by atoms with Crippen LogP contribution in [0.4, 0.5) is 0 Å². The molecule has 2 aliphatic heterocycles. The number of carbonyl (C=O) groups is 4. The van der Waals surface area contributed by atoms with Gasteiger partial charge >= 0.3 is 10.2 Å². The van der Waals surface area contributed by atoms with Crippen LogP contribution in [-0.2, 0) is 29.4 Å². The molecule has 4 amide bonds. The van der Waals surface area contributed by atoms with Gasteiger partial charge in [-0.3, -0.25) is 28.8 Å². The summed E-state index contributed by atoms with van der Waals surface area (Å²) in [6.45, 7) is 24.4. The smallest absolute Gasteiger partial charge is 0.301 e. The molecule has 7 rings (SSSR count). The molecule has 4 N–H and O–H groups in total. The summed E-state index contributed by atoms with van der Waals surface area (Å²) in [5, 5.41) is 9.65. The Hall–Kier alpha value is -2.97. The third kappa shape index (κ3) is 8.21. The zero-order valence-electron chi connectivity index (χ0n) is 38.5. The van der Waals surface area contributed by atoms with E-state index in [1.807, 2.05) is 20.8 Å². The van der Waals surface area contributed by atoms with Crippen molar-refractivity contribution in [2.45, 2.75) is 181 Å². The average Bonchev–Trinajstić information content (AvgIpc) is 4.13. The molecule has 0 aromatic carbocycles. The summed E-state index contributed by atoms with van der Waals surface area (Å²) in [4.78, 5) is 63.1. The molecule has 2 heterocycles. The highest BCUT2D eigenvalue weighted by molar-refractivity contribution is 7.87. The van der Waals surface area contributed by atoms with Crippen molar-refractivity contribution in [1.82, 2.24) is 34.8 Å². The number of likely N-dealkylation sites (tertiary alicyclic amines) is 2. The molecule has 14 heteroatoms. The number of rotatable bonds is 16. The Balaban J connectivity index is 1.15. The van der Waals surface area contributed by atoms with E-state index in [-0.39, 0.29) is 69.5 Å². The van der Waals surface area contributed by atoms with Crippen molar-refractivity contribution in [3.8, 4) is 0 Å². The number of piperidine rings is 1. The van der Waals surface area contributed by atoms with Crippen LogP contribution < -0.4 is 20.7 Å². The lowest BCUT2D eigenvalue weighted by Gasteiger charge is -2.40. The summed E-state index contributed by atoms with van der Waals surface area (Å²) in [7, 11) is -2.36. The first-order valence-corrected chi connectivity index (χ1v) is 25.0. The molecule has 342 valence electrons. The molecule has 7 fully saturated rings. The van der Waals surface area contributed by atoms with Crippen LogP contribution in [0.5, 0.6) is 0 Å². The maximum Gasteiger partial charge on any atom is 0.301 e. The van der Waals surface area contributed by atoms with E-state index in [9.17, 15) is 22.8 Å². The first-order chi connectivity index (χ1) is 28.6. The van der Waals surface area contributed by atoms with Crippen molar-refractivity contribution < 1.29 is 27.6 Å². The predicted molar refractivity (Wildman–Crippen MR) is 238 cm³/mol. The molecule has 0 aromatic heterocycles. The fraction of sp³-hybridized carbons (Fsp3) is 0.830. The molecule has 0 unspecified atom stereocenters. The third-order valence-corrected chi connectivity index (χ3v) is 18.5. The number of hydrogen-bond acceptors (Lipinski definition) is 7. The standard InChI is InChI=1S/C47H77N7O6S/c1-11-34-26-47(34,31(4)51-61(59,60)52(10)28-32-21-22-32)50-40(56)36-27-46(44(8,9)45(46)23-17-24-45)29-54(36)42(58)38(43(5,6)7)49-41(57)37(33-18-13-12-14-19-33)48-39(55)35-20-15-16-25-53(35)30(2)3/h11,30,32-38,51H,1,4,12-29H2,2-3,5-10H3,(H,48,55)(H,49,57)(H,50,56)/t34-,35+,36+,37+,38-,46-,47+/m1/s1. The van der Waals surface area contributed by atoms with E-state index in [4.69, 9.17) is 0 Å². The fourth-order valence-electron chi connectivity index (χ4n) is 12.6. The maximum absolute atomic E-state index is 15.4. The summed E-state index contributed by atoms with van der Waals surface area (Å²) in [5.74, 6) is -1.08. The molecule has 13 nitrogen and oxygen atoms in total. The molecular formula is C47H77N7O6S. The van der Waals surface area contributed by atoms with Gasteiger partial charge in [0.05, 0.1) is 11.6 Å². The summed E-state index contributed by atoms with van der Waals surface area (Å²) in [6, 6.07) is -2.72. The second-order valence-electron chi connectivity index (χ2n) is 22.2. The van der Waals surface area contributed by atoms with Gasteiger partial charge in [0.15, 0.2) is 0 Å². The second kappa shape index (κ2) is 16.5. The SMILES string of the molecule is C=C[C@@H]1C[C@]1(NC(=O)[C@@H]1C[C@@]2(CN1C(=O)[C@@H](NC(=O)[C@@H](NC(=O)[C@@H]1CCCCN1C(C)C)C1CCCCC1)C(C)(C)C)C(C)(C)C21CCC1)C(=C)NS(=O)(=O)N(C)CC1CC1. The summed E-state index contributed by atoms with van der Waals surface area (Å²) in [6.07, 6.45) is 15.3. The van der Waals surface area contributed by atoms with Gasteiger partial charge in [-0.15, -0.1) is 6.58 Å². The number of carbonyl (C=O) groups excluding carboxylic acids is 4. The summed E-state index contributed by atoms with van der Waals surface area (Å²) in [5.41, 5.74) is -1.99. The van der Waals surface area contributed by atoms with Gasteiger partial charge in [-0.25, -0.2) is 0 Å². The van der Waals surface area contributed by atoms with Crippen molar-refractivity contribution in [3.63, 3.8) is 0 Å². The molecule has 7 aliphatic rings. The zero-order chi connectivity index (χ0) is 44.5. The van der Waals surface area contributed by atoms with Crippen LogP contribution >= 0.6 is 0 Å². The van der Waals surface area contributed by atoms with Crippen LogP contribution in [0.3, 0.4) is 0 Å². The van der Waals surface area contributed by atoms with Crippen LogP contribution in [-0.4, -0.2) is 109 Å². The first kappa shape index (κ1) is 46.0. The largest absolute Gasteiger partial charge is 0.343 e.